The highest BCUT2D eigenvalue weighted by atomic mass is 16.5. The van der Waals surface area contributed by atoms with E-state index in [9.17, 15) is 9.59 Å². The zero-order valence-electron chi connectivity index (χ0n) is 16.5. The number of methoxy groups -OCH3 is 1. The average Bonchev–Trinajstić information content (AvgIpc) is 3.16. The average molecular weight is 377 g/mol. The van der Waals surface area contributed by atoms with Crippen LogP contribution in [0, 0.1) is 5.92 Å². The maximum atomic E-state index is 12.8. The van der Waals surface area contributed by atoms with E-state index in [-0.39, 0.29) is 30.0 Å². The zero-order chi connectivity index (χ0) is 19.8. The number of rotatable bonds is 10. The first kappa shape index (κ1) is 21.2. The fraction of sp³-hybridized carbons (Fsp3) is 0.600. The summed E-state index contributed by atoms with van der Waals surface area (Å²) in [6.07, 6.45) is 2.98. The summed E-state index contributed by atoms with van der Waals surface area (Å²) in [5.41, 5.74) is 8.04. The van der Waals surface area contributed by atoms with E-state index in [1.54, 1.807) is 12.0 Å². The number of hydrogen-bond acceptors (Lipinski definition) is 5. The van der Waals surface area contributed by atoms with Crippen molar-refractivity contribution in [3.63, 3.8) is 0 Å². The van der Waals surface area contributed by atoms with E-state index >= 15 is 0 Å². The predicted molar refractivity (Wildman–Crippen MR) is 106 cm³/mol. The van der Waals surface area contributed by atoms with Crippen LogP contribution in [0.2, 0.25) is 0 Å². The largest absolute Gasteiger partial charge is 0.388 e. The fourth-order valence-electron chi connectivity index (χ4n) is 3.76. The SMILES string of the molecule is CNc1ccc(CC(CN)NC(=O)C(C)C(OC)C2CCCN2C=O)cc1. The van der Waals surface area contributed by atoms with Crippen molar-refractivity contribution < 1.29 is 14.3 Å². The smallest absolute Gasteiger partial charge is 0.225 e. The Labute approximate surface area is 161 Å². The van der Waals surface area contributed by atoms with Crippen LogP contribution in [-0.4, -0.2) is 62.7 Å². The maximum Gasteiger partial charge on any atom is 0.225 e. The second-order valence-electron chi connectivity index (χ2n) is 7.13. The molecular formula is C20H32N4O3. The van der Waals surface area contributed by atoms with Gasteiger partial charge in [-0.15, -0.1) is 0 Å². The van der Waals surface area contributed by atoms with Crippen LogP contribution >= 0.6 is 0 Å². The molecule has 4 unspecified atom stereocenters. The summed E-state index contributed by atoms with van der Waals surface area (Å²) >= 11 is 0. The van der Waals surface area contributed by atoms with Crippen molar-refractivity contribution in [3.8, 4) is 0 Å². The normalized spacial score (nSPS) is 20.0. The molecular weight excluding hydrogens is 344 g/mol. The van der Waals surface area contributed by atoms with Crippen molar-refractivity contribution in [2.24, 2.45) is 11.7 Å². The Morgan fingerprint density at radius 3 is 2.67 bits per heavy atom. The number of nitrogens with two attached hydrogens (primary N) is 1. The minimum absolute atomic E-state index is 0.0568. The van der Waals surface area contributed by atoms with Crippen molar-refractivity contribution in [3.05, 3.63) is 29.8 Å². The van der Waals surface area contributed by atoms with Crippen molar-refractivity contribution in [2.45, 2.75) is 44.4 Å². The quantitative estimate of drug-likeness (QED) is 0.529. The summed E-state index contributed by atoms with van der Waals surface area (Å²) in [5, 5.41) is 6.13. The number of carbonyl (C=O) groups is 2. The Hall–Kier alpha value is -2.12. The minimum atomic E-state index is -0.374. The third-order valence-electron chi connectivity index (χ3n) is 5.39. The molecule has 1 aliphatic heterocycles. The van der Waals surface area contributed by atoms with Crippen LogP contribution in [0.25, 0.3) is 0 Å². The molecule has 0 saturated carbocycles. The van der Waals surface area contributed by atoms with Gasteiger partial charge in [0.2, 0.25) is 12.3 Å². The number of benzene rings is 1. The molecule has 1 aromatic carbocycles. The molecule has 0 aromatic heterocycles. The summed E-state index contributed by atoms with van der Waals surface area (Å²) in [4.78, 5) is 25.8. The first-order chi connectivity index (χ1) is 13.0. The van der Waals surface area contributed by atoms with Gasteiger partial charge < -0.3 is 26.0 Å². The minimum Gasteiger partial charge on any atom is -0.388 e. The summed E-state index contributed by atoms with van der Waals surface area (Å²) in [7, 11) is 3.47. The standard InChI is InChI=1S/C20H32N4O3/c1-14(19(27-3)18-5-4-10-24(18)13-25)20(26)23-17(12-21)11-15-6-8-16(22-2)9-7-15/h6-9,13-14,17-19,22H,4-5,10-12,21H2,1-3H3,(H,23,26). The predicted octanol–water partition coefficient (Wildman–Crippen LogP) is 0.986. The van der Waals surface area contributed by atoms with Crippen molar-refractivity contribution in [1.82, 2.24) is 10.2 Å². The van der Waals surface area contributed by atoms with Crippen LogP contribution in [0.5, 0.6) is 0 Å². The number of ether oxygens (including phenoxy) is 1. The Morgan fingerprint density at radius 1 is 1.41 bits per heavy atom. The van der Waals surface area contributed by atoms with E-state index in [0.29, 0.717) is 13.0 Å². The van der Waals surface area contributed by atoms with Gasteiger partial charge in [0.15, 0.2) is 0 Å². The third-order valence-corrected chi connectivity index (χ3v) is 5.39. The highest BCUT2D eigenvalue weighted by Gasteiger charge is 2.37. The Balaban J connectivity index is 1.98. The van der Waals surface area contributed by atoms with Gasteiger partial charge >= 0.3 is 0 Å². The third kappa shape index (κ3) is 5.43. The molecule has 1 fully saturated rings. The lowest BCUT2D eigenvalue weighted by Crippen LogP contribution is -2.51. The van der Waals surface area contributed by atoms with Crippen LogP contribution in [0.1, 0.15) is 25.3 Å². The molecule has 1 saturated heterocycles. The molecule has 1 aromatic rings. The molecule has 150 valence electrons. The summed E-state index contributed by atoms with van der Waals surface area (Å²) < 4.78 is 5.61. The Morgan fingerprint density at radius 2 is 2.11 bits per heavy atom. The summed E-state index contributed by atoms with van der Waals surface area (Å²) in [5.74, 6) is -0.469. The van der Waals surface area contributed by atoms with Crippen molar-refractivity contribution in [2.75, 3.05) is 32.6 Å². The molecule has 2 rings (SSSR count). The van der Waals surface area contributed by atoms with Crippen molar-refractivity contribution >= 4 is 18.0 Å². The van der Waals surface area contributed by atoms with Crippen LogP contribution in [0.15, 0.2) is 24.3 Å². The van der Waals surface area contributed by atoms with Crippen molar-refractivity contribution in [1.29, 1.82) is 0 Å². The van der Waals surface area contributed by atoms with Crippen LogP contribution in [0.4, 0.5) is 5.69 Å². The number of anilines is 1. The molecule has 0 radical (unpaired) electrons. The van der Waals surface area contributed by atoms with E-state index in [1.165, 1.54) is 0 Å². The lowest BCUT2D eigenvalue weighted by Gasteiger charge is -2.32. The van der Waals surface area contributed by atoms with Gasteiger partial charge in [-0.25, -0.2) is 0 Å². The monoisotopic (exact) mass is 376 g/mol. The highest BCUT2D eigenvalue weighted by molar-refractivity contribution is 5.79. The Kier molecular flexibility index (Phi) is 8.06. The molecule has 4 atom stereocenters. The lowest BCUT2D eigenvalue weighted by molar-refractivity contribution is -0.134. The highest BCUT2D eigenvalue weighted by Crippen LogP contribution is 2.25. The number of amides is 2. The fourth-order valence-corrected chi connectivity index (χ4v) is 3.76. The van der Waals surface area contributed by atoms with E-state index in [0.717, 1.165) is 37.0 Å². The van der Waals surface area contributed by atoms with Crippen LogP contribution < -0.4 is 16.4 Å². The van der Waals surface area contributed by atoms with Crippen LogP contribution in [0.3, 0.4) is 0 Å². The van der Waals surface area contributed by atoms with E-state index < -0.39 is 0 Å². The molecule has 1 aliphatic rings. The molecule has 7 nitrogen and oxygen atoms in total. The van der Waals surface area contributed by atoms with Crippen LogP contribution in [-0.2, 0) is 20.7 Å². The number of nitrogens with zero attached hydrogens (tertiary/aromatic N) is 1. The number of nitrogens with one attached hydrogen (secondary N) is 2. The molecule has 1 heterocycles. The van der Waals surface area contributed by atoms with Gasteiger partial charge in [-0.05, 0) is 37.0 Å². The molecule has 0 bridgehead atoms. The molecule has 2 amide bonds. The zero-order valence-corrected chi connectivity index (χ0v) is 16.5. The van der Waals surface area contributed by atoms with E-state index in [2.05, 4.69) is 10.6 Å². The molecule has 7 heteroatoms. The van der Waals surface area contributed by atoms with E-state index in [4.69, 9.17) is 10.5 Å². The van der Waals surface area contributed by atoms with Gasteiger partial charge in [0.1, 0.15) is 0 Å². The van der Waals surface area contributed by atoms with Gasteiger partial charge in [0.05, 0.1) is 18.1 Å². The topological polar surface area (TPSA) is 96.7 Å². The first-order valence-electron chi connectivity index (χ1n) is 9.55. The van der Waals surface area contributed by atoms with E-state index in [1.807, 2.05) is 38.2 Å². The number of carbonyl (C=O) groups excluding carboxylic acids is 2. The number of likely N-dealkylation sites (tertiary alicyclic amines) is 1. The Bertz CT molecular complexity index is 608. The van der Waals surface area contributed by atoms with Gasteiger partial charge in [0.25, 0.3) is 0 Å². The molecule has 0 aliphatic carbocycles. The van der Waals surface area contributed by atoms with Gasteiger partial charge in [-0.1, -0.05) is 19.1 Å². The second kappa shape index (κ2) is 10.3. The second-order valence-corrected chi connectivity index (χ2v) is 7.13. The summed E-state index contributed by atoms with van der Waals surface area (Å²) in [6, 6.07) is 7.86. The van der Waals surface area contributed by atoms with Gasteiger partial charge in [-0.3, -0.25) is 9.59 Å². The molecule has 27 heavy (non-hydrogen) atoms. The lowest BCUT2D eigenvalue weighted by atomic mass is 9.94. The first-order valence-corrected chi connectivity index (χ1v) is 9.55. The summed E-state index contributed by atoms with van der Waals surface area (Å²) in [6.45, 7) is 2.92. The molecule has 4 N–H and O–H groups in total. The number of hydrogen-bond donors (Lipinski definition) is 3. The maximum absolute atomic E-state index is 12.8. The van der Waals surface area contributed by atoms with Gasteiger partial charge in [0, 0.05) is 39.0 Å². The molecule has 0 spiro atoms. The van der Waals surface area contributed by atoms with Gasteiger partial charge in [-0.2, -0.15) is 0 Å².